The smallest absolute Gasteiger partial charge is 0.322 e. The number of rotatable bonds is 5. The summed E-state index contributed by atoms with van der Waals surface area (Å²) in [6, 6.07) is 9.19. The van der Waals surface area contributed by atoms with Crippen molar-refractivity contribution in [3.8, 4) is 11.6 Å². The lowest BCUT2D eigenvalue weighted by atomic mass is 10.2. The molecule has 0 saturated carbocycles. The molecule has 8 heteroatoms. The molecule has 2 heterocycles. The summed E-state index contributed by atoms with van der Waals surface area (Å²) in [5.74, 6) is -0.0399. The summed E-state index contributed by atoms with van der Waals surface area (Å²) >= 11 is 1.74. The second-order valence-corrected chi connectivity index (χ2v) is 7.08. The van der Waals surface area contributed by atoms with Gasteiger partial charge in [-0.3, -0.25) is 14.8 Å². The molecule has 2 aromatic heterocycles. The Hall–Kier alpha value is -2.61. The highest BCUT2D eigenvalue weighted by molar-refractivity contribution is 7.99. The van der Waals surface area contributed by atoms with Crippen LogP contribution in [-0.4, -0.2) is 31.1 Å². The van der Waals surface area contributed by atoms with Gasteiger partial charge in [0, 0.05) is 29.0 Å². The molecule has 7 nitrogen and oxygen atoms in total. The first-order valence-electron chi connectivity index (χ1n) is 7.43. The summed E-state index contributed by atoms with van der Waals surface area (Å²) < 4.78 is 7.05. The number of hydrogen-bond acceptors (Lipinski definition) is 6. The summed E-state index contributed by atoms with van der Waals surface area (Å²) in [6.45, 7) is 4.25. The minimum absolute atomic E-state index is 0.0429. The molecule has 1 N–H and O–H groups in total. The standard InChI is InChI=1S/C16H17N5O2S/c1-10(2)24-12-6-4-11(5-7-12)14(22)17-16-19-18-15(23-16)13-8-9-21(3)20-13/h4-10H,1-3H3,(H,17,19,22). The minimum atomic E-state index is -0.299. The zero-order valence-corrected chi connectivity index (χ0v) is 14.4. The van der Waals surface area contributed by atoms with E-state index in [0.717, 1.165) is 4.90 Å². The van der Waals surface area contributed by atoms with Crippen molar-refractivity contribution in [3.63, 3.8) is 0 Å². The van der Waals surface area contributed by atoms with Gasteiger partial charge >= 0.3 is 6.01 Å². The summed E-state index contributed by atoms with van der Waals surface area (Å²) in [6.07, 6.45) is 1.77. The SMILES string of the molecule is CC(C)Sc1ccc(C(=O)Nc2nnc(-c3ccn(C)n3)o2)cc1. The fraction of sp³-hybridized carbons (Fsp3) is 0.250. The number of aromatic nitrogens is 4. The molecule has 1 amide bonds. The van der Waals surface area contributed by atoms with Crippen LogP contribution in [0.25, 0.3) is 11.6 Å². The highest BCUT2D eigenvalue weighted by atomic mass is 32.2. The van der Waals surface area contributed by atoms with Gasteiger partial charge in [0.15, 0.2) is 0 Å². The van der Waals surface area contributed by atoms with E-state index in [0.29, 0.717) is 16.5 Å². The molecule has 124 valence electrons. The minimum Gasteiger partial charge on any atom is -0.401 e. The third kappa shape index (κ3) is 3.83. The third-order valence-electron chi connectivity index (χ3n) is 3.07. The maximum atomic E-state index is 12.2. The quantitative estimate of drug-likeness (QED) is 0.716. The van der Waals surface area contributed by atoms with Crippen LogP contribution in [0.3, 0.4) is 0 Å². The zero-order chi connectivity index (χ0) is 17.1. The average molecular weight is 343 g/mol. The summed E-state index contributed by atoms with van der Waals surface area (Å²) in [4.78, 5) is 13.4. The molecule has 0 aliphatic carbocycles. The van der Waals surface area contributed by atoms with Crippen molar-refractivity contribution in [3.05, 3.63) is 42.1 Å². The van der Waals surface area contributed by atoms with Gasteiger partial charge in [-0.2, -0.15) is 5.10 Å². The molecular formula is C16H17N5O2S. The monoisotopic (exact) mass is 343 g/mol. The van der Waals surface area contributed by atoms with Crippen LogP contribution in [0, 0.1) is 0 Å². The van der Waals surface area contributed by atoms with Crippen molar-refractivity contribution in [1.82, 2.24) is 20.0 Å². The lowest BCUT2D eigenvalue weighted by molar-refractivity contribution is 0.102. The lowest BCUT2D eigenvalue weighted by Gasteiger charge is -2.05. The third-order valence-corrected chi connectivity index (χ3v) is 4.08. The van der Waals surface area contributed by atoms with Crippen molar-refractivity contribution < 1.29 is 9.21 Å². The maximum absolute atomic E-state index is 12.2. The summed E-state index contributed by atoms with van der Waals surface area (Å²) in [5.41, 5.74) is 1.08. The maximum Gasteiger partial charge on any atom is 0.322 e. The van der Waals surface area contributed by atoms with Crippen LogP contribution in [0.1, 0.15) is 24.2 Å². The Morgan fingerprint density at radius 2 is 1.96 bits per heavy atom. The molecule has 0 fully saturated rings. The Balaban J connectivity index is 1.67. The number of thioether (sulfide) groups is 1. The van der Waals surface area contributed by atoms with Crippen molar-refractivity contribution in [2.45, 2.75) is 24.0 Å². The molecule has 0 spiro atoms. The predicted octanol–water partition coefficient (Wildman–Crippen LogP) is 3.22. The van der Waals surface area contributed by atoms with Crippen molar-refractivity contribution in [1.29, 1.82) is 0 Å². The van der Waals surface area contributed by atoms with E-state index in [1.807, 2.05) is 12.1 Å². The van der Waals surface area contributed by atoms with Gasteiger partial charge in [-0.25, -0.2) is 0 Å². The van der Waals surface area contributed by atoms with Crippen molar-refractivity contribution in [2.75, 3.05) is 5.32 Å². The summed E-state index contributed by atoms with van der Waals surface area (Å²) in [5, 5.41) is 15.0. The van der Waals surface area contributed by atoms with Gasteiger partial charge in [0.2, 0.25) is 0 Å². The van der Waals surface area contributed by atoms with Gasteiger partial charge in [0.25, 0.3) is 11.8 Å². The average Bonchev–Trinajstić information content (AvgIpc) is 3.16. The van der Waals surface area contributed by atoms with Crippen LogP contribution in [0.4, 0.5) is 6.01 Å². The first kappa shape index (κ1) is 16.3. The Morgan fingerprint density at radius 1 is 1.21 bits per heavy atom. The van der Waals surface area contributed by atoms with Crippen LogP contribution in [-0.2, 0) is 7.05 Å². The Morgan fingerprint density at radius 3 is 2.58 bits per heavy atom. The second-order valence-electron chi connectivity index (χ2n) is 5.43. The molecule has 0 aliphatic rings. The lowest BCUT2D eigenvalue weighted by Crippen LogP contribution is -2.11. The van der Waals surface area contributed by atoms with Crippen LogP contribution in [0.2, 0.25) is 0 Å². The molecule has 0 bridgehead atoms. The number of nitrogens with zero attached hydrogens (tertiary/aromatic N) is 4. The highest BCUT2D eigenvalue weighted by Crippen LogP contribution is 2.23. The van der Waals surface area contributed by atoms with Gasteiger partial charge in [-0.1, -0.05) is 18.9 Å². The van der Waals surface area contributed by atoms with E-state index in [1.165, 1.54) is 0 Å². The number of carbonyl (C=O) groups excluding carboxylic acids is 1. The molecule has 0 saturated heterocycles. The molecule has 0 unspecified atom stereocenters. The highest BCUT2D eigenvalue weighted by Gasteiger charge is 2.14. The predicted molar refractivity (Wildman–Crippen MR) is 91.9 cm³/mol. The van der Waals surface area contributed by atoms with E-state index in [-0.39, 0.29) is 17.8 Å². The fourth-order valence-electron chi connectivity index (χ4n) is 2.03. The topological polar surface area (TPSA) is 85.8 Å². The molecule has 3 rings (SSSR count). The van der Waals surface area contributed by atoms with Crippen LogP contribution in [0.15, 0.2) is 45.8 Å². The second kappa shape index (κ2) is 6.88. The number of benzene rings is 1. The van der Waals surface area contributed by atoms with Gasteiger partial charge in [0.05, 0.1) is 0 Å². The van der Waals surface area contributed by atoms with E-state index in [1.54, 1.807) is 47.9 Å². The number of amides is 1. The molecular weight excluding hydrogens is 326 g/mol. The van der Waals surface area contributed by atoms with E-state index < -0.39 is 0 Å². The Bertz CT molecular complexity index is 838. The number of aryl methyl sites for hydroxylation is 1. The first-order chi connectivity index (χ1) is 11.5. The van der Waals surface area contributed by atoms with Gasteiger partial charge in [0.1, 0.15) is 5.69 Å². The van der Waals surface area contributed by atoms with Crippen LogP contribution < -0.4 is 5.32 Å². The van der Waals surface area contributed by atoms with Crippen molar-refractivity contribution in [2.24, 2.45) is 7.05 Å². The molecule has 3 aromatic rings. The summed E-state index contributed by atoms with van der Waals surface area (Å²) in [7, 11) is 1.80. The van der Waals surface area contributed by atoms with E-state index in [4.69, 9.17) is 4.42 Å². The van der Waals surface area contributed by atoms with Crippen molar-refractivity contribution >= 4 is 23.7 Å². The molecule has 0 radical (unpaired) electrons. The zero-order valence-electron chi connectivity index (χ0n) is 13.6. The first-order valence-corrected chi connectivity index (χ1v) is 8.31. The van der Waals surface area contributed by atoms with Gasteiger partial charge in [-0.05, 0) is 30.3 Å². The number of carbonyl (C=O) groups is 1. The van der Waals surface area contributed by atoms with Crippen LogP contribution >= 0.6 is 11.8 Å². The molecule has 0 atom stereocenters. The van der Waals surface area contributed by atoms with Crippen LogP contribution in [0.5, 0.6) is 0 Å². The molecule has 24 heavy (non-hydrogen) atoms. The number of nitrogens with one attached hydrogen (secondary N) is 1. The fourth-order valence-corrected chi connectivity index (χ4v) is 2.87. The molecule has 1 aromatic carbocycles. The van der Waals surface area contributed by atoms with Gasteiger partial charge in [-0.15, -0.1) is 16.9 Å². The van der Waals surface area contributed by atoms with E-state index in [9.17, 15) is 4.79 Å². The van der Waals surface area contributed by atoms with E-state index >= 15 is 0 Å². The van der Waals surface area contributed by atoms with Gasteiger partial charge < -0.3 is 4.42 Å². The number of hydrogen-bond donors (Lipinski definition) is 1. The molecule has 0 aliphatic heterocycles. The Labute approximate surface area is 143 Å². The largest absolute Gasteiger partial charge is 0.401 e. The normalized spacial score (nSPS) is 11.0. The van der Waals surface area contributed by atoms with E-state index in [2.05, 4.69) is 34.5 Å². The Kier molecular flexibility index (Phi) is 4.66. The number of anilines is 1.